The van der Waals surface area contributed by atoms with E-state index >= 15 is 0 Å². The summed E-state index contributed by atoms with van der Waals surface area (Å²) in [5.41, 5.74) is 1.32. The Morgan fingerprint density at radius 3 is 2.44 bits per heavy atom. The molecule has 0 aromatic heterocycles. The summed E-state index contributed by atoms with van der Waals surface area (Å²) in [6.45, 7) is 4.71. The van der Waals surface area contributed by atoms with Crippen molar-refractivity contribution >= 4 is 11.7 Å². The van der Waals surface area contributed by atoms with Crippen molar-refractivity contribution < 1.29 is 19.0 Å². The summed E-state index contributed by atoms with van der Waals surface area (Å²) in [6, 6.07) is 6.10. The zero-order chi connectivity index (χ0) is 22.6. The Morgan fingerprint density at radius 2 is 1.75 bits per heavy atom. The van der Waals surface area contributed by atoms with Gasteiger partial charge in [-0.2, -0.15) is 0 Å². The maximum absolute atomic E-state index is 13.1. The van der Waals surface area contributed by atoms with Crippen molar-refractivity contribution in [1.82, 2.24) is 0 Å². The van der Waals surface area contributed by atoms with Crippen molar-refractivity contribution in [3.05, 3.63) is 23.8 Å². The van der Waals surface area contributed by atoms with E-state index in [-0.39, 0.29) is 18.0 Å². The Hall–Kier alpha value is -1.75. The third-order valence-corrected chi connectivity index (χ3v) is 7.67. The minimum atomic E-state index is -0.659. The molecule has 2 unspecified atom stereocenters. The second-order valence-electron chi connectivity index (χ2n) is 10.5. The Balaban J connectivity index is 1.54. The van der Waals surface area contributed by atoms with Crippen LogP contribution in [-0.4, -0.2) is 31.3 Å². The molecule has 4 rings (SSSR count). The second kappa shape index (κ2) is 10.5. The van der Waals surface area contributed by atoms with Crippen LogP contribution >= 0.6 is 0 Å². The van der Waals surface area contributed by atoms with Gasteiger partial charge < -0.3 is 19.5 Å². The summed E-state index contributed by atoms with van der Waals surface area (Å²) in [5.74, 6) is 1.50. The quantitative estimate of drug-likeness (QED) is 0.493. The van der Waals surface area contributed by atoms with Gasteiger partial charge in [0.25, 0.3) is 0 Å². The molecule has 3 aliphatic rings. The van der Waals surface area contributed by atoms with Crippen molar-refractivity contribution in [2.75, 3.05) is 19.0 Å². The fourth-order valence-electron chi connectivity index (χ4n) is 5.67. The molecule has 5 nitrogen and oxygen atoms in total. The molecule has 0 saturated heterocycles. The summed E-state index contributed by atoms with van der Waals surface area (Å²) in [7, 11) is 1.91. The molecule has 178 valence electrons. The topological polar surface area (TPSA) is 56.8 Å². The van der Waals surface area contributed by atoms with E-state index in [1.807, 2.05) is 33.0 Å². The predicted octanol–water partition coefficient (Wildman–Crippen LogP) is 6.42. The number of hydrogen-bond acceptors (Lipinski definition) is 5. The lowest BCUT2D eigenvalue weighted by molar-refractivity contribution is -0.189. The second-order valence-corrected chi connectivity index (χ2v) is 10.5. The fraction of sp³-hybridized carbons (Fsp3) is 0.741. The summed E-state index contributed by atoms with van der Waals surface area (Å²) in [5, 5.41) is 3.21. The average molecular weight is 444 g/mol. The molecular formula is C27H41NO4. The van der Waals surface area contributed by atoms with Gasteiger partial charge in [0.05, 0.1) is 5.92 Å². The van der Waals surface area contributed by atoms with Crippen molar-refractivity contribution in [1.29, 1.82) is 0 Å². The molecule has 5 heteroatoms. The van der Waals surface area contributed by atoms with Gasteiger partial charge in [-0.15, -0.1) is 0 Å². The van der Waals surface area contributed by atoms with E-state index in [0.717, 1.165) is 55.0 Å². The van der Waals surface area contributed by atoms with Gasteiger partial charge in [-0.3, -0.25) is 4.79 Å². The molecular weight excluding hydrogens is 402 g/mol. The van der Waals surface area contributed by atoms with Gasteiger partial charge in [-0.25, -0.2) is 0 Å². The lowest BCUT2D eigenvalue weighted by atomic mass is 9.86. The van der Waals surface area contributed by atoms with E-state index in [1.54, 1.807) is 0 Å². The van der Waals surface area contributed by atoms with Gasteiger partial charge in [0.1, 0.15) is 17.5 Å². The highest BCUT2D eigenvalue weighted by Gasteiger charge is 2.48. The molecule has 32 heavy (non-hydrogen) atoms. The maximum Gasteiger partial charge on any atom is 0.309 e. The monoisotopic (exact) mass is 443 g/mol. The third-order valence-electron chi connectivity index (χ3n) is 7.67. The smallest absolute Gasteiger partial charge is 0.309 e. The van der Waals surface area contributed by atoms with Crippen molar-refractivity contribution in [2.45, 2.75) is 102 Å². The zero-order valence-corrected chi connectivity index (χ0v) is 20.2. The average Bonchev–Trinajstić information content (AvgIpc) is 2.81. The van der Waals surface area contributed by atoms with Gasteiger partial charge in [0.15, 0.2) is 6.10 Å². The summed E-state index contributed by atoms with van der Waals surface area (Å²) >= 11 is 0. The molecule has 1 heterocycles. The van der Waals surface area contributed by atoms with Crippen LogP contribution in [0, 0.1) is 11.8 Å². The highest BCUT2D eigenvalue weighted by Crippen LogP contribution is 2.45. The first-order valence-corrected chi connectivity index (χ1v) is 12.8. The summed E-state index contributed by atoms with van der Waals surface area (Å²) < 4.78 is 19.1. The van der Waals surface area contributed by atoms with Crippen LogP contribution in [0.3, 0.4) is 0 Å². The van der Waals surface area contributed by atoms with Crippen LogP contribution in [-0.2, 0) is 14.3 Å². The molecule has 1 aromatic rings. The number of rotatable bonds is 7. The van der Waals surface area contributed by atoms with Gasteiger partial charge >= 0.3 is 5.97 Å². The van der Waals surface area contributed by atoms with Gasteiger partial charge in [-0.05, 0) is 57.2 Å². The minimum absolute atomic E-state index is 0.00692. The largest absolute Gasteiger partial charge is 0.483 e. The van der Waals surface area contributed by atoms with E-state index in [4.69, 9.17) is 14.2 Å². The highest BCUT2D eigenvalue weighted by atomic mass is 16.6. The van der Waals surface area contributed by atoms with E-state index in [0.29, 0.717) is 6.61 Å². The standard InChI is InChI=1S/C27H41NO4/c1-27(2)25(31-26(29)20-12-8-5-9-13-20)24(30-17-16-19-10-6-4-7-11-19)22-18-21(28-3)14-15-23(22)32-27/h14-15,18-20,24-25,28H,4-13,16-17H2,1-3H3. The molecule has 0 radical (unpaired) electrons. The number of anilines is 1. The number of benzene rings is 1. The first-order chi connectivity index (χ1) is 15.5. The number of hydrogen-bond donors (Lipinski definition) is 1. The normalized spacial score (nSPS) is 26.1. The number of fused-ring (bicyclic) bond motifs is 1. The first kappa shape index (κ1) is 23.4. The number of carbonyl (C=O) groups excluding carboxylic acids is 1. The SMILES string of the molecule is CNc1ccc2c(c1)C(OCCC1CCCCC1)C(OC(=O)C1CCCCC1)C(C)(C)O2. The summed E-state index contributed by atoms with van der Waals surface area (Å²) in [4.78, 5) is 13.1. The molecule has 2 atom stereocenters. The molecule has 2 aliphatic carbocycles. The molecule has 1 aromatic carbocycles. The molecule has 0 bridgehead atoms. The van der Waals surface area contributed by atoms with Crippen LogP contribution in [0.4, 0.5) is 5.69 Å². The Kier molecular flexibility index (Phi) is 7.65. The Morgan fingerprint density at radius 1 is 1.06 bits per heavy atom. The van der Waals surface area contributed by atoms with Crippen LogP contribution < -0.4 is 10.1 Å². The molecule has 0 amide bonds. The van der Waals surface area contributed by atoms with Crippen molar-refractivity contribution in [3.8, 4) is 5.75 Å². The van der Waals surface area contributed by atoms with E-state index in [2.05, 4.69) is 11.4 Å². The summed E-state index contributed by atoms with van der Waals surface area (Å²) in [6.07, 6.45) is 12.2. The van der Waals surface area contributed by atoms with Crippen molar-refractivity contribution in [2.24, 2.45) is 11.8 Å². The van der Waals surface area contributed by atoms with Crippen LogP contribution in [0.1, 0.15) is 96.1 Å². The maximum atomic E-state index is 13.1. The molecule has 1 aliphatic heterocycles. The number of nitrogens with one attached hydrogen (secondary N) is 1. The molecule has 1 N–H and O–H groups in total. The molecule has 2 fully saturated rings. The predicted molar refractivity (Wildman–Crippen MR) is 127 cm³/mol. The number of esters is 1. The van der Waals surface area contributed by atoms with E-state index < -0.39 is 11.7 Å². The van der Waals surface area contributed by atoms with Crippen LogP contribution in [0.5, 0.6) is 5.75 Å². The zero-order valence-electron chi connectivity index (χ0n) is 20.2. The minimum Gasteiger partial charge on any atom is -0.483 e. The van der Waals surface area contributed by atoms with Gasteiger partial charge in [0.2, 0.25) is 0 Å². The third kappa shape index (κ3) is 5.41. The van der Waals surface area contributed by atoms with Crippen molar-refractivity contribution in [3.63, 3.8) is 0 Å². The van der Waals surface area contributed by atoms with E-state index in [1.165, 1.54) is 38.5 Å². The first-order valence-electron chi connectivity index (χ1n) is 12.8. The Bertz CT molecular complexity index is 765. The molecule has 0 spiro atoms. The Labute approximate surface area is 193 Å². The van der Waals surface area contributed by atoms with E-state index in [9.17, 15) is 4.79 Å². The van der Waals surface area contributed by atoms with Crippen LogP contribution in [0.2, 0.25) is 0 Å². The fourth-order valence-corrected chi connectivity index (χ4v) is 5.67. The van der Waals surface area contributed by atoms with Gasteiger partial charge in [-0.1, -0.05) is 51.4 Å². The van der Waals surface area contributed by atoms with Crippen LogP contribution in [0.15, 0.2) is 18.2 Å². The number of carbonyl (C=O) groups is 1. The van der Waals surface area contributed by atoms with Crippen LogP contribution in [0.25, 0.3) is 0 Å². The highest BCUT2D eigenvalue weighted by molar-refractivity contribution is 5.73. The lowest BCUT2D eigenvalue weighted by Crippen LogP contribution is -2.52. The van der Waals surface area contributed by atoms with Gasteiger partial charge in [0, 0.05) is 24.9 Å². The number of ether oxygens (including phenoxy) is 3. The lowest BCUT2D eigenvalue weighted by Gasteiger charge is -2.44. The molecule has 2 saturated carbocycles.